The Morgan fingerprint density at radius 2 is 2.04 bits per heavy atom. The van der Waals surface area contributed by atoms with Gasteiger partial charge in [0.05, 0.1) is 23.8 Å². The summed E-state index contributed by atoms with van der Waals surface area (Å²) in [5, 5.41) is 15.4. The van der Waals surface area contributed by atoms with E-state index in [2.05, 4.69) is 10.3 Å². The van der Waals surface area contributed by atoms with Crippen LogP contribution in [0.15, 0.2) is 48.7 Å². The number of aliphatic hydroxyl groups is 1. The number of rotatable bonds is 5. The second-order valence-corrected chi connectivity index (χ2v) is 5.36. The lowest BCUT2D eigenvalue weighted by atomic mass is 10.0. The molecule has 3 aromatic rings. The summed E-state index contributed by atoms with van der Waals surface area (Å²) in [5.41, 5.74) is 1.16. The maximum Gasteiger partial charge on any atom is 0.253 e. The number of ether oxygens (including phenoxy) is 1. The zero-order valence-corrected chi connectivity index (χ0v) is 12.8. The fraction of sp³-hybridized carbons (Fsp3) is 0.222. The van der Waals surface area contributed by atoms with E-state index in [1.165, 1.54) is 7.11 Å². The number of hydrogen-bond donors (Lipinski definition) is 2. The van der Waals surface area contributed by atoms with E-state index >= 15 is 0 Å². The van der Waals surface area contributed by atoms with Gasteiger partial charge in [-0.2, -0.15) is 0 Å². The third-order valence-electron chi connectivity index (χ3n) is 3.72. The molecule has 2 N–H and O–H groups in total. The standard InChI is InChI=1S/C18H18N2O3/c1-23-11-13(21)10-20-18(22)16-9-12-5-2-3-6-14(12)15-7-4-8-19-17(15)16/h2-9,13,21H,10-11H2,1H3,(H,20,22). The van der Waals surface area contributed by atoms with Gasteiger partial charge in [-0.3, -0.25) is 9.78 Å². The van der Waals surface area contributed by atoms with Crippen LogP contribution in [0, 0.1) is 0 Å². The molecule has 1 heterocycles. The SMILES string of the molecule is COCC(O)CNC(=O)c1cc2ccccc2c2cccnc12. The van der Waals surface area contributed by atoms with Gasteiger partial charge in [0.15, 0.2) is 0 Å². The summed E-state index contributed by atoms with van der Waals surface area (Å²) in [5.74, 6) is -0.255. The van der Waals surface area contributed by atoms with Crippen molar-refractivity contribution in [2.45, 2.75) is 6.10 Å². The Bertz CT molecular complexity index is 848. The highest BCUT2D eigenvalue weighted by Crippen LogP contribution is 2.27. The highest BCUT2D eigenvalue weighted by atomic mass is 16.5. The van der Waals surface area contributed by atoms with Gasteiger partial charge in [-0.25, -0.2) is 0 Å². The number of nitrogens with zero attached hydrogens (tertiary/aromatic N) is 1. The molecular weight excluding hydrogens is 292 g/mol. The number of aliphatic hydroxyl groups excluding tert-OH is 1. The van der Waals surface area contributed by atoms with Crippen LogP contribution in [0.1, 0.15) is 10.4 Å². The molecule has 0 bridgehead atoms. The minimum atomic E-state index is -0.733. The predicted octanol–water partition coefficient (Wildman–Crippen LogP) is 2.13. The Labute approximate surface area is 133 Å². The van der Waals surface area contributed by atoms with Gasteiger partial charge in [0.2, 0.25) is 0 Å². The van der Waals surface area contributed by atoms with Crippen molar-refractivity contribution in [3.05, 3.63) is 54.2 Å². The fourth-order valence-corrected chi connectivity index (χ4v) is 2.66. The van der Waals surface area contributed by atoms with E-state index in [0.717, 1.165) is 16.2 Å². The molecule has 5 nitrogen and oxygen atoms in total. The molecule has 118 valence electrons. The van der Waals surface area contributed by atoms with Crippen LogP contribution in [0.2, 0.25) is 0 Å². The van der Waals surface area contributed by atoms with E-state index in [-0.39, 0.29) is 19.1 Å². The monoisotopic (exact) mass is 310 g/mol. The molecule has 2 aromatic carbocycles. The highest BCUT2D eigenvalue weighted by Gasteiger charge is 2.15. The van der Waals surface area contributed by atoms with Crippen molar-refractivity contribution in [1.29, 1.82) is 0 Å². The van der Waals surface area contributed by atoms with Gasteiger partial charge >= 0.3 is 0 Å². The van der Waals surface area contributed by atoms with Crippen LogP contribution in [-0.4, -0.2) is 42.4 Å². The molecule has 0 spiro atoms. The van der Waals surface area contributed by atoms with E-state index in [1.54, 1.807) is 6.20 Å². The molecular formula is C18H18N2O3. The Balaban J connectivity index is 2.00. The van der Waals surface area contributed by atoms with Gasteiger partial charge in [-0.05, 0) is 22.9 Å². The topological polar surface area (TPSA) is 71.5 Å². The van der Waals surface area contributed by atoms with Crippen LogP contribution in [0.3, 0.4) is 0 Å². The minimum Gasteiger partial charge on any atom is -0.389 e. The molecule has 3 rings (SSSR count). The number of aromatic nitrogens is 1. The van der Waals surface area contributed by atoms with Crippen molar-refractivity contribution < 1.29 is 14.6 Å². The largest absolute Gasteiger partial charge is 0.389 e. The summed E-state index contributed by atoms with van der Waals surface area (Å²) in [4.78, 5) is 16.9. The Morgan fingerprint density at radius 1 is 1.26 bits per heavy atom. The van der Waals surface area contributed by atoms with Gasteiger partial charge in [0.1, 0.15) is 0 Å². The lowest BCUT2D eigenvalue weighted by molar-refractivity contribution is 0.0610. The summed E-state index contributed by atoms with van der Waals surface area (Å²) in [7, 11) is 1.51. The van der Waals surface area contributed by atoms with Crippen molar-refractivity contribution >= 4 is 27.6 Å². The number of benzene rings is 2. The molecule has 0 aliphatic rings. The zero-order valence-electron chi connectivity index (χ0n) is 12.8. The average molecular weight is 310 g/mol. The first-order valence-corrected chi connectivity index (χ1v) is 7.42. The first-order valence-electron chi connectivity index (χ1n) is 7.42. The van der Waals surface area contributed by atoms with Gasteiger partial charge < -0.3 is 15.2 Å². The van der Waals surface area contributed by atoms with Gasteiger partial charge in [-0.15, -0.1) is 0 Å². The Morgan fingerprint density at radius 3 is 2.87 bits per heavy atom. The molecule has 0 fully saturated rings. The van der Waals surface area contributed by atoms with E-state index in [4.69, 9.17) is 4.74 Å². The number of methoxy groups -OCH3 is 1. The first-order chi connectivity index (χ1) is 11.2. The fourth-order valence-electron chi connectivity index (χ4n) is 2.66. The highest BCUT2D eigenvalue weighted by molar-refractivity contribution is 6.15. The predicted molar refractivity (Wildman–Crippen MR) is 89.5 cm³/mol. The van der Waals surface area contributed by atoms with E-state index in [9.17, 15) is 9.90 Å². The maximum atomic E-state index is 12.5. The normalized spacial score (nSPS) is 12.4. The molecule has 0 aliphatic heterocycles. The Kier molecular flexibility index (Phi) is 4.50. The van der Waals surface area contributed by atoms with E-state index < -0.39 is 6.10 Å². The lowest BCUT2D eigenvalue weighted by Crippen LogP contribution is -2.34. The molecule has 0 radical (unpaired) electrons. The number of pyridine rings is 1. The molecule has 0 saturated heterocycles. The number of carbonyl (C=O) groups excluding carboxylic acids is 1. The molecule has 1 amide bonds. The van der Waals surface area contributed by atoms with Crippen molar-refractivity contribution in [3.63, 3.8) is 0 Å². The molecule has 1 aromatic heterocycles. The summed E-state index contributed by atoms with van der Waals surface area (Å²) in [6.45, 7) is 0.310. The summed E-state index contributed by atoms with van der Waals surface area (Å²) in [6, 6.07) is 13.6. The second-order valence-electron chi connectivity index (χ2n) is 5.36. The number of nitrogens with one attached hydrogen (secondary N) is 1. The number of hydrogen-bond acceptors (Lipinski definition) is 4. The molecule has 1 unspecified atom stereocenters. The van der Waals surface area contributed by atoms with Gasteiger partial charge in [-0.1, -0.05) is 30.3 Å². The van der Waals surface area contributed by atoms with E-state index in [0.29, 0.717) is 11.1 Å². The minimum absolute atomic E-state index is 0.133. The molecule has 23 heavy (non-hydrogen) atoms. The molecule has 0 saturated carbocycles. The van der Waals surface area contributed by atoms with Crippen LogP contribution >= 0.6 is 0 Å². The molecule has 0 aliphatic carbocycles. The first kappa shape index (κ1) is 15.4. The van der Waals surface area contributed by atoms with Crippen LogP contribution in [0.4, 0.5) is 0 Å². The number of fused-ring (bicyclic) bond motifs is 3. The third-order valence-corrected chi connectivity index (χ3v) is 3.72. The number of amides is 1. The van der Waals surface area contributed by atoms with Crippen LogP contribution in [0.5, 0.6) is 0 Å². The van der Waals surface area contributed by atoms with Crippen molar-refractivity contribution in [2.24, 2.45) is 0 Å². The van der Waals surface area contributed by atoms with Crippen molar-refractivity contribution in [1.82, 2.24) is 10.3 Å². The van der Waals surface area contributed by atoms with Crippen LogP contribution in [0.25, 0.3) is 21.7 Å². The quantitative estimate of drug-likeness (QED) is 0.708. The molecule has 5 heteroatoms. The lowest BCUT2D eigenvalue weighted by Gasteiger charge is -2.13. The van der Waals surface area contributed by atoms with Crippen LogP contribution in [-0.2, 0) is 4.74 Å². The number of carbonyl (C=O) groups is 1. The van der Waals surface area contributed by atoms with Gasteiger partial charge in [0.25, 0.3) is 5.91 Å². The van der Waals surface area contributed by atoms with Crippen molar-refractivity contribution in [2.75, 3.05) is 20.3 Å². The smallest absolute Gasteiger partial charge is 0.253 e. The third kappa shape index (κ3) is 3.16. The van der Waals surface area contributed by atoms with Crippen molar-refractivity contribution in [3.8, 4) is 0 Å². The Hall–Kier alpha value is -2.50. The van der Waals surface area contributed by atoms with Crippen LogP contribution < -0.4 is 5.32 Å². The van der Waals surface area contributed by atoms with Gasteiger partial charge in [0, 0.05) is 25.2 Å². The summed E-state index contributed by atoms with van der Waals surface area (Å²) >= 11 is 0. The van der Waals surface area contributed by atoms with E-state index in [1.807, 2.05) is 42.5 Å². The summed E-state index contributed by atoms with van der Waals surface area (Å²) < 4.78 is 4.86. The zero-order chi connectivity index (χ0) is 16.2. The summed E-state index contributed by atoms with van der Waals surface area (Å²) in [6.07, 6.45) is 0.942. The average Bonchev–Trinajstić information content (AvgIpc) is 2.59. The second kappa shape index (κ2) is 6.73. The maximum absolute atomic E-state index is 12.5. The molecule has 1 atom stereocenters.